The summed E-state index contributed by atoms with van der Waals surface area (Å²) < 4.78 is 0. The highest BCUT2D eigenvalue weighted by atomic mass is 32.1. The summed E-state index contributed by atoms with van der Waals surface area (Å²) in [5.74, 6) is 0. The maximum Gasteiger partial charge on any atom is 0.122 e. The third-order valence-electron chi connectivity index (χ3n) is 2.77. The number of hydrogen-bond acceptors (Lipinski definition) is 3. The van der Waals surface area contributed by atoms with Crippen molar-refractivity contribution in [2.24, 2.45) is 5.73 Å². The lowest BCUT2D eigenvalue weighted by molar-refractivity contribution is 1.28. The second-order valence-electron chi connectivity index (χ2n) is 4.19. The summed E-state index contributed by atoms with van der Waals surface area (Å²) in [6, 6.07) is 9.94. The van der Waals surface area contributed by atoms with Crippen molar-refractivity contribution in [3.8, 4) is 0 Å². The molecule has 2 aromatic rings. The lowest BCUT2D eigenvalue weighted by Crippen LogP contribution is -2.11. The van der Waals surface area contributed by atoms with E-state index in [0.717, 1.165) is 11.4 Å². The summed E-state index contributed by atoms with van der Waals surface area (Å²) in [7, 11) is 0. The van der Waals surface area contributed by atoms with E-state index >= 15 is 0 Å². The first-order valence-corrected chi connectivity index (χ1v) is 6.08. The van der Waals surface area contributed by atoms with E-state index in [0.29, 0.717) is 10.7 Å². The molecule has 1 aromatic carbocycles. The second-order valence-corrected chi connectivity index (χ2v) is 4.63. The van der Waals surface area contributed by atoms with Crippen molar-refractivity contribution in [3.63, 3.8) is 0 Å². The molecule has 1 heterocycles. The number of thiocarbonyl (C=S) groups is 1. The molecule has 4 heteroatoms. The van der Waals surface area contributed by atoms with Gasteiger partial charge in [-0.05, 0) is 37.1 Å². The van der Waals surface area contributed by atoms with Crippen LogP contribution in [0.2, 0.25) is 0 Å². The Balaban J connectivity index is 2.26. The standard InChI is InChI=1S/C14H15N3S/c1-9-4-3-5-10(2)13(9)17-11-6-7-12(14(15)18)16-8-11/h3-8,17H,1-2H3,(H2,15,18). The smallest absolute Gasteiger partial charge is 0.122 e. The van der Waals surface area contributed by atoms with Crippen LogP contribution in [-0.4, -0.2) is 9.97 Å². The quantitative estimate of drug-likeness (QED) is 0.830. The van der Waals surface area contributed by atoms with Gasteiger partial charge >= 0.3 is 0 Å². The fourth-order valence-corrected chi connectivity index (χ4v) is 1.89. The van der Waals surface area contributed by atoms with Crippen LogP contribution in [0.3, 0.4) is 0 Å². The van der Waals surface area contributed by atoms with E-state index in [1.807, 2.05) is 18.2 Å². The van der Waals surface area contributed by atoms with E-state index in [1.165, 1.54) is 11.1 Å². The number of anilines is 2. The Labute approximate surface area is 112 Å². The number of nitrogens with one attached hydrogen (secondary N) is 1. The van der Waals surface area contributed by atoms with Crippen LogP contribution in [0, 0.1) is 13.8 Å². The average molecular weight is 257 g/mol. The van der Waals surface area contributed by atoms with Crippen molar-refractivity contribution in [1.29, 1.82) is 0 Å². The molecule has 0 spiro atoms. The second kappa shape index (κ2) is 5.14. The summed E-state index contributed by atoms with van der Waals surface area (Å²) in [4.78, 5) is 4.52. The Morgan fingerprint density at radius 3 is 2.33 bits per heavy atom. The highest BCUT2D eigenvalue weighted by Gasteiger charge is 2.03. The number of hydrogen-bond donors (Lipinski definition) is 2. The third kappa shape index (κ3) is 2.65. The summed E-state index contributed by atoms with van der Waals surface area (Å²) in [5.41, 5.74) is 10.6. The monoisotopic (exact) mass is 257 g/mol. The Hall–Kier alpha value is -1.94. The van der Waals surface area contributed by atoms with Gasteiger partial charge in [-0.2, -0.15) is 0 Å². The largest absolute Gasteiger partial charge is 0.388 e. The maximum absolute atomic E-state index is 5.51. The van der Waals surface area contributed by atoms with Gasteiger partial charge in [0.25, 0.3) is 0 Å². The van der Waals surface area contributed by atoms with Crippen molar-refractivity contribution in [2.45, 2.75) is 13.8 Å². The molecule has 1 aromatic heterocycles. The maximum atomic E-state index is 5.51. The predicted octanol–water partition coefficient (Wildman–Crippen LogP) is 3.08. The Kier molecular flexibility index (Phi) is 3.58. The molecule has 0 fully saturated rings. The van der Waals surface area contributed by atoms with Crippen LogP contribution >= 0.6 is 12.2 Å². The molecule has 2 rings (SSSR count). The average Bonchev–Trinajstić information content (AvgIpc) is 2.34. The molecular formula is C14H15N3S. The number of rotatable bonds is 3. The van der Waals surface area contributed by atoms with Crippen LogP contribution in [0.25, 0.3) is 0 Å². The number of aryl methyl sites for hydroxylation is 2. The number of aromatic nitrogens is 1. The highest BCUT2D eigenvalue weighted by molar-refractivity contribution is 7.80. The van der Waals surface area contributed by atoms with Gasteiger partial charge in [0.05, 0.1) is 17.6 Å². The van der Waals surface area contributed by atoms with Gasteiger partial charge < -0.3 is 11.1 Å². The summed E-state index contributed by atoms with van der Waals surface area (Å²) in [6.07, 6.45) is 1.74. The number of pyridine rings is 1. The van der Waals surface area contributed by atoms with Crippen molar-refractivity contribution in [3.05, 3.63) is 53.3 Å². The van der Waals surface area contributed by atoms with E-state index in [9.17, 15) is 0 Å². The van der Waals surface area contributed by atoms with Crippen molar-refractivity contribution >= 4 is 28.6 Å². The Morgan fingerprint density at radius 2 is 1.83 bits per heavy atom. The molecule has 3 nitrogen and oxygen atoms in total. The van der Waals surface area contributed by atoms with Crippen LogP contribution < -0.4 is 11.1 Å². The van der Waals surface area contributed by atoms with Crippen LogP contribution in [0.15, 0.2) is 36.5 Å². The minimum Gasteiger partial charge on any atom is -0.388 e. The van der Waals surface area contributed by atoms with E-state index in [2.05, 4.69) is 36.3 Å². The molecule has 0 aliphatic carbocycles. The van der Waals surface area contributed by atoms with Crippen molar-refractivity contribution < 1.29 is 0 Å². The summed E-state index contributed by atoms with van der Waals surface area (Å²) >= 11 is 4.87. The number of para-hydroxylation sites is 1. The summed E-state index contributed by atoms with van der Waals surface area (Å²) in [6.45, 7) is 4.15. The first-order chi connectivity index (χ1) is 8.58. The van der Waals surface area contributed by atoms with Crippen LogP contribution in [0.5, 0.6) is 0 Å². The van der Waals surface area contributed by atoms with E-state index in [4.69, 9.17) is 18.0 Å². The molecule has 0 saturated carbocycles. The van der Waals surface area contributed by atoms with Gasteiger partial charge in [0, 0.05) is 5.69 Å². The number of benzene rings is 1. The minimum absolute atomic E-state index is 0.314. The molecule has 0 radical (unpaired) electrons. The fourth-order valence-electron chi connectivity index (χ4n) is 1.77. The molecule has 0 bridgehead atoms. The molecule has 0 amide bonds. The molecule has 0 atom stereocenters. The Bertz CT molecular complexity index is 556. The highest BCUT2D eigenvalue weighted by Crippen LogP contribution is 2.23. The normalized spacial score (nSPS) is 10.1. The topological polar surface area (TPSA) is 50.9 Å². The van der Waals surface area contributed by atoms with Gasteiger partial charge in [0.1, 0.15) is 4.99 Å². The first kappa shape index (κ1) is 12.5. The first-order valence-electron chi connectivity index (χ1n) is 5.67. The minimum atomic E-state index is 0.314. The molecule has 0 aliphatic rings. The third-order valence-corrected chi connectivity index (χ3v) is 2.98. The van der Waals surface area contributed by atoms with Crippen molar-refractivity contribution in [1.82, 2.24) is 4.98 Å². The van der Waals surface area contributed by atoms with Crippen molar-refractivity contribution in [2.75, 3.05) is 5.32 Å². The van der Waals surface area contributed by atoms with Gasteiger partial charge in [-0.25, -0.2) is 0 Å². The summed E-state index contributed by atoms with van der Waals surface area (Å²) in [5, 5.41) is 3.36. The zero-order valence-corrected chi connectivity index (χ0v) is 11.2. The van der Waals surface area contributed by atoms with E-state index in [1.54, 1.807) is 6.20 Å². The van der Waals surface area contributed by atoms with Gasteiger partial charge in [-0.15, -0.1) is 0 Å². The fraction of sp³-hybridized carbons (Fsp3) is 0.143. The molecule has 0 aliphatic heterocycles. The number of nitrogens with two attached hydrogens (primary N) is 1. The zero-order chi connectivity index (χ0) is 13.1. The van der Waals surface area contributed by atoms with Crippen LogP contribution in [0.1, 0.15) is 16.8 Å². The SMILES string of the molecule is Cc1cccc(C)c1Nc1ccc(C(N)=S)nc1. The predicted molar refractivity (Wildman–Crippen MR) is 79.3 cm³/mol. The molecule has 92 valence electrons. The van der Waals surface area contributed by atoms with Gasteiger partial charge in [0.15, 0.2) is 0 Å². The lowest BCUT2D eigenvalue weighted by Gasteiger charge is -2.12. The molecule has 0 saturated heterocycles. The van der Waals surface area contributed by atoms with Gasteiger partial charge in [-0.1, -0.05) is 30.4 Å². The zero-order valence-electron chi connectivity index (χ0n) is 10.4. The lowest BCUT2D eigenvalue weighted by atomic mass is 10.1. The van der Waals surface area contributed by atoms with Gasteiger partial charge in [-0.3, -0.25) is 4.98 Å². The molecule has 0 unspecified atom stereocenters. The van der Waals surface area contributed by atoms with Crippen LogP contribution in [-0.2, 0) is 0 Å². The van der Waals surface area contributed by atoms with E-state index in [-0.39, 0.29) is 0 Å². The molecule has 18 heavy (non-hydrogen) atoms. The number of nitrogens with zero attached hydrogens (tertiary/aromatic N) is 1. The molecule has 3 N–H and O–H groups in total. The van der Waals surface area contributed by atoms with Gasteiger partial charge in [0.2, 0.25) is 0 Å². The molecular weight excluding hydrogens is 242 g/mol. The Morgan fingerprint density at radius 1 is 1.17 bits per heavy atom. The van der Waals surface area contributed by atoms with Crippen LogP contribution in [0.4, 0.5) is 11.4 Å². The van der Waals surface area contributed by atoms with E-state index < -0.39 is 0 Å².